The maximum Gasteiger partial charge on any atom is 0.358 e. The van der Waals surface area contributed by atoms with Crippen molar-refractivity contribution in [3.8, 4) is 11.1 Å². The number of anilines is 1. The van der Waals surface area contributed by atoms with Crippen molar-refractivity contribution in [2.75, 3.05) is 24.6 Å². The minimum Gasteiger partial charge on any atom is -0.478 e. The Labute approximate surface area is 299 Å². The van der Waals surface area contributed by atoms with E-state index in [0.29, 0.717) is 44.0 Å². The van der Waals surface area contributed by atoms with Crippen LogP contribution in [0.5, 0.6) is 0 Å². The van der Waals surface area contributed by atoms with Crippen molar-refractivity contribution in [3.63, 3.8) is 0 Å². The number of azide groups is 1. The molecule has 2 unspecified atom stereocenters. The summed E-state index contributed by atoms with van der Waals surface area (Å²) in [4.78, 5) is 35.7. The number of carboxylic acids is 1. The Hall–Kier alpha value is -4.41. The molecule has 2 atom stereocenters. The highest BCUT2D eigenvalue weighted by molar-refractivity contribution is 5.96. The number of hydrogen-bond acceptors (Lipinski definition) is 8. The molecule has 0 spiro atoms. The summed E-state index contributed by atoms with van der Waals surface area (Å²) in [5.74, 6) is -0.878. The molecule has 12 nitrogen and oxygen atoms in total. The molecule has 12 heteroatoms. The van der Waals surface area contributed by atoms with Crippen molar-refractivity contribution in [2.24, 2.45) is 21.4 Å². The monoisotopic (exact) mass is 695 g/mol. The summed E-state index contributed by atoms with van der Waals surface area (Å²) in [6.07, 6.45) is 8.89. The molecule has 1 aliphatic heterocycles. The number of hydrogen-bond donors (Lipinski definition) is 1. The molecule has 1 N–H and O–H groups in total. The Morgan fingerprint density at radius 1 is 1.04 bits per heavy atom. The summed E-state index contributed by atoms with van der Waals surface area (Å²) in [7, 11) is 0. The average molecular weight is 696 g/mol. The molecule has 270 valence electrons. The topological polar surface area (TPSA) is 156 Å². The fourth-order valence-corrected chi connectivity index (χ4v) is 11.0. The predicted octanol–water partition coefficient (Wildman–Crippen LogP) is 7.92. The number of carbonyl (C=O) groups excluding carboxylic acids is 1. The third-order valence-electron chi connectivity index (χ3n) is 11.5. The predicted molar refractivity (Wildman–Crippen MR) is 193 cm³/mol. The van der Waals surface area contributed by atoms with Gasteiger partial charge in [-0.1, -0.05) is 31.1 Å². The SMILES string of the molecule is Cc1c(-c2ccc(N3CCc4cccc(C(=O)O)c4C3)nc2C(=O)OC(C)(C)C)cnn1CC12CC3(C)CC(C)(C1)CC(OCCN=[N+]=[N-])(C3)C2. The van der Waals surface area contributed by atoms with Crippen LogP contribution in [-0.2, 0) is 29.0 Å². The molecule has 0 saturated heterocycles. The van der Waals surface area contributed by atoms with Gasteiger partial charge in [0.05, 0.1) is 24.0 Å². The average Bonchev–Trinajstić information content (AvgIpc) is 3.38. The Morgan fingerprint density at radius 3 is 2.47 bits per heavy atom. The quantitative estimate of drug-likeness (QED) is 0.0737. The highest BCUT2D eigenvalue weighted by Crippen LogP contribution is 2.72. The zero-order valence-corrected chi connectivity index (χ0v) is 30.7. The zero-order chi connectivity index (χ0) is 36.4. The van der Waals surface area contributed by atoms with E-state index in [4.69, 9.17) is 25.1 Å². The number of ether oxygens (including phenoxy) is 2. The molecule has 5 aliphatic rings. The van der Waals surface area contributed by atoms with Crippen molar-refractivity contribution in [1.29, 1.82) is 0 Å². The van der Waals surface area contributed by atoms with Crippen molar-refractivity contribution < 1.29 is 24.2 Å². The molecule has 2 aromatic heterocycles. The lowest BCUT2D eigenvalue weighted by molar-refractivity contribution is -0.247. The van der Waals surface area contributed by atoms with Crippen LogP contribution >= 0.6 is 0 Å². The van der Waals surface area contributed by atoms with Crippen LogP contribution < -0.4 is 4.90 Å². The second-order valence-electron chi connectivity index (χ2n) is 17.5. The largest absolute Gasteiger partial charge is 0.478 e. The Balaban J connectivity index is 1.21. The maximum atomic E-state index is 13.8. The standard InChI is InChI=1S/C39H49N7O5/c1-25-29(16-42-46(25)24-38-19-36(5)18-37(6,20-38)22-39(21-36,23-38)50-15-13-41-44-40)27-10-11-31(43-32(27)34(49)51-35(2,3)4)45-14-12-26-8-7-9-28(33(47)48)30(26)17-45/h7-11,16H,12-15,17-24H2,1-6H3,(H,47,48). The van der Waals surface area contributed by atoms with Crippen LogP contribution in [0.2, 0.25) is 0 Å². The number of rotatable bonds is 10. The van der Waals surface area contributed by atoms with Crippen LogP contribution in [0.3, 0.4) is 0 Å². The van der Waals surface area contributed by atoms with Crippen LogP contribution in [0.15, 0.2) is 41.6 Å². The lowest BCUT2D eigenvalue weighted by Crippen LogP contribution is -2.64. The molecule has 4 fully saturated rings. The molecule has 3 aromatic rings. The van der Waals surface area contributed by atoms with Crippen molar-refractivity contribution in [2.45, 2.75) is 111 Å². The minimum atomic E-state index is -0.955. The zero-order valence-electron chi connectivity index (χ0n) is 30.7. The number of esters is 1. The van der Waals surface area contributed by atoms with E-state index in [1.54, 1.807) is 12.1 Å². The molecule has 0 amide bonds. The number of pyridine rings is 1. The normalized spacial score (nSPS) is 27.9. The third kappa shape index (κ3) is 6.71. The first kappa shape index (κ1) is 35.0. The van der Waals surface area contributed by atoms with Crippen molar-refractivity contribution in [1.82, 2.24) is 14.8 Å². The van der Waals surface area contributed by atoms with E-state index in [1.165, 1.54) is 6.42 Å². The van der Waals surface area contributed by atoms with Gasteiger partial charge in [-0.05, 0) is 124 Å². The van der Waals surface area contributed by atoms with E-state index in [0.717, 1.165) is 61.0 Å². The molecule has 4 aliphatic carbocycles. The first-order valence-corrected chi connectivity index (χ1v) is 18.0. The van der Waals surface area contributed by atoms with Crippen LogP contribution in [0.25, 0.3) is 21.6 Å². The molecule has 1 aromatic carbocycles. The number of nitrogens with zero attached hydrogens (tertiary/aromatic N) is 7. The van der Waals surface area contributed by atoms with E-state index in [9.17, 15) is 14.7 Å². The van der Waals surface area contributed by atoms with Gasteiger partial charge in [-0.2, -0.15) is 5.10 Å². The highest BCUT2D eigenvalue weighted by atomic mass is 16.6. The van der Waals surface area contributed by atoms with Gasteiger partial charge in [0.25, 0.3) is 0 Å². The smallest absolute Gasteiger partial charge is 0.358 e. The molecule has 51 heavy (non-hydrogen) atoms. The minimum absolute atomic E-state index is 0.000256. The lowest BCUT2D eigenvalue weighted by Gasteiger charge is -2.69. The molecular formula is C39H49N7O5. The first-order valence-electron chi connectivity index (χ1n) is 18.0. The van der Waals surface area contributed by atoms with Gasteiger partial charge >= 0.3 is 11.9 Å². The van der Waals surface area contributed by atoms with Gasteiger partial charge in [0.1, 0.15) is 11.4 Å². The Morgan fingerprint density at radius 2 is 1.78 bits per heavy atom. The Bertz CT molecular complexity index is 1920. The van der Waals surface area contributed by atoms with Gasteiger partial charge in [-0.15, -0.1) is 0 Å². The highest BCUT2D eigenvalue weighted by Gasteiger charge is 2.66. The summed E-state index contributed by atoms with van der Waals surface area (Å²) in [6, 6.07) is 9.24. The van der Waals surface area contributed by atoms with Crippen molar-refractivity contribution in [3.05, 3.63) is 75.0 Å². The van der Waals surface area contributed by atoms with E-state index in [1.807, 2.05) is 50.1 Å². The summed E-state index contributed by atoms with van der Waals surface area (Å²) in [5, 5.41) is 18.5. The Kier molecular flexibility index (Phi) is 8.49. The van der Waals surface area contributed by atoms with Gasteiger partial charge in [0.15, 0.2) is 5.69 Å². The summed E-state index contributed by atoms with van der Waals surface area (Å²) in [5.41, 5.74) is 12.9. The summed E-state index contributed by atoms with van der Waals surface area (Å²) < 4.78 is 14.6. The fourth-order valence-electron chi connectivity index (χ4n) is 11.0. The van der Waals surface area contributed by atoms with Crippen LogP contribution in [0.1, 0.15) is 111 Å². The molecule has 8 rings (SSSR count). The van der Waals surface area contributed by atoms with Gasteiger partial charge in [-0.3, -0.25) is 4.68 Å². The molecule has 0 radical (unpaired) electrons. The fraction of sp³-hybridized carbons (Fsp3) is 0.590. The number of aromatic carboxylic acids is 1. The van der Waals surface area contributed by atoms with Gasteiger partial charge in [0.2, 0.25) is 0 Å². The number of carboxylic acid groups (broad SMARTS) is 1. The molecular weight excluding hydrogens is 646 g/mol. The molecule has 4 saturated carbocycles. The van der Waals surface area contributed by atoms with Crippen LogP contribution in [0.4, 0.5) is 5.82 Å². The van der Waals surface area contributed by atoms with Gasteiger partial charge in [-0.25, -0.2) is 14.6 Å². The molecule has 3 heterocycles. The second kappa shape index (κ2) is 12.4. The van der Waals surface area contributed by atoms with Crippen molar-refractivity contribution >= 4 is 17.8 Å². The third-order valence-corrected chi connectivity index (χ3v) is 11.5. The van der Waals surface area contributed by atoms with E-state index >= 15 is 0 Å². The number of benzene rings is 1. The van der Waals surface area contributed by atoms with Crippen LogP contribution in [-0.4, -0.2) is 62.7 Å². The second-order valence-corrected chi connectivity index (χ2v) is 17.5. The summed E-state index contributed by atoms with van der Waals surface area (Å²) >= 11 is 0. The number of fused-ring (bicyclic) bond motifs is 1. The maximum absolute atomic E-state index is 13.8. The van der Waals surface area contributed by atoms with E-state index in [-0.39, 0.29) is 33.1 Å². The first-order chi connectivity index (χ1) is 24.0. The van der Waals surface area contributed by atoms with Crippen LogP contribution in [0, 0.1) is 23.2 Å². The summed E-state index contributed by atoms with van der Waals surface area (Å²) in [6.45, 7) is 14.9. The van der Waals surface area contributed by atoms with E-state index in [2.05, 4.69) is 35.5 Å². The van der Waals surface area contributed by atoms with Gasteiger partial charge < -0.3 is 19.5 Å². The van der Waals surface area contributed by atoms with E-state index < -0.39 is 17.5 Å². The lowest BCUT2D eigenvalue weighted by atomic mass is 9.39. The molecule has 4 bridgehead atoms. The number of aromatic nitrogens is 3. The van der Waals surface area contributed by atoms with Gasteiger partial charge in [0, 0.05) is 47.9 Å². The number of carbonyl (C=O) groups is 2.